The molecular formula is C25H30N4O3. The van der Waals surface area contributed by atoms with Crippen LogP contribution in [-0.2, 0) is 6.54 Å². The fourth-order valence-electron chi connectivity index (χ4n) is 3.30. The van der Waals surface area contributed by atoms with E-state index >= 15 is 0 Å². The van der Waals surface area contributed by atoms with Crippen LogP contribution in [0.3, 0.4) is 0 Å². The van der Waals surface area contributed by atoms with Crippen LogP contribution in [0.25, 0.3) is 5.69 Å². The zero-order chi connectivity index (χ0) is 23.4. The Bertz CT molecular complexity index is 1220. The Morgan fingerprint density at radius 3 is 2.25 bits per heavy atom. The van der Waals surface area contributed by atoms with Crippen LogP contribution in [0, 0.1) is 12.8 Å². The van der Waals surface area contributed by atoms with Crippen LogP contribution in [0.1, 0.15) is 60.8 Å². The van der Waals surface area contributed by atoms with Gasteiger partial charge in [0, 0.05) is 6.54 Å². The van der Waals surface area contributed by atoms with Gasteiger partial charge in [-0.25, -0.2) is 4.79 Å². The van der Waals surface area contributed by atoms with Crippen molar-refractivity contribution in [2.45, 2.75) is 47.1 Å². The molecule has 0 aliphatic rings. The molecule has 0 unspecified atom stereocenters. The number of benzene rings is 2. The SMILES string of the molecule is Cc1ccccc1Cn1c(=O)c(C(=O)NCC(C)C)nn(-c2ccc(C(C)C)cc2)c1=O. The first-order valence-electron chi connectivity index (χ1n) is 10.9. The summed E-state index contributed by atoms with van der Waals surface area (Å²) >= 11 is 0. The molecular weight excluding hydrogens is 404 g/mol. The average molecular weight is 435 g/mol. The number of carbonyl (C=O) groups excluding carboxylic acids is 1. The molecule has 0 bridgehead atoms. The van der Waals surface area contributed by atoms with E-state index < -0.39 is 17.2 Å². The Kier molecular flexibility index (Phi) is 7.08. The Morgan fingerprint density at radius 1 is 1.00 bits per heavy atom. The zero-order valence-corrected chi connectivity index (χ0v) is 19.3. The molecule has 3 rings (SSSR count). The quantitative estimate of drug-likeness (QED) is 0.618. The molecule has 32 heavy (non-hydrogen) atoms. The average Bonchev–Trinajstić information content (AvgIpc) is 2.76. The normalized spacial score (nSPS) is 11.2. The second-order valence-electron chi connectivity index (χ2n) is 8.71. The van der Waals surface area contributed by atoms with Gasteiger partial charge in [0.1, 0.15) is 0 Å². The highest BCUT2D eigenvalue weighted by atomic mass is 16.2. The van der Waals surface area contributed by atoms with E-state index in [9.17, 15) is 14.4 Å². The van der Waals surface area contributed by atoms with Crippen LogP contribution in [0.4, 0.5) is 0 Å². The summed E-state index contributed by atoms with van der Waals surface area (Å²) in [6.07, 6.45) is 0. The summed E-state index contributed by atoms with van der Waals surface area (Å²) in [5, 5.41) is 6.91. The fraction of sp³-hybridized carbons (Fsp3) is 0.360. The van der Waals surface area contributed by atoms with E-state index in [1.165, 1.54) is 0 Å². The molecule has 2 aromatic carbocycles. The van der Waals surface area contributed by atoms with Crippen molar-refractivity contribution in [2.75, 3.05) is 6.54 Å². The molecule has 0 radical (unpaired) electrons. The molecule has 168 valence electrons. The van der Waals surface area contributed by atoms with Gasteiger partial charge in [-0.05, 0) is 47.6 Å². The van der Waals surface area contributed by atoms with Gasteiger partial charge in [0.25, 0.3) is 11.5 Å². The molecule has 3 aromatic rings. The van der Waals surface area contributed by atoms with Crippen LogP contribution in [-0.4, -0.2) is 26.8 Å². The fourth-order valence-corrected chi connectivity index (χ4v) is 3.30. The van der Waals surface area contributed by atoms with Crippen LogP contribution in [0.5, 0.6) is 0 Å². The maximum Gasteiger partial charge on any atom is 0.352 e. The van der Waals surface area contributed by atoms with Crippen molar-refractivity contribution >= 4 is 5.91 Å². The second kappa shape index (κ2) is 9.77. The van der Waals surface area contributed by atoms with Crippen molar-refractivity contribution < 1.29 is 4.79 Å². The van der Waals surface area contributed by atoms with Crippen molar-refractivity contribution in [1.82, 2.24) is 19.7 Å². The van der Waals surface area contributed by atoms with Crippen molar-refractivity contribution in [2.24, 2.45) is 5.92 Å². The largest absolute Gasteiger partial charge is 0.352 e. The second-order valence-corrected chi connectivity index (χ2v) is 8.71. The molecule has 1 amide bonds. The Balaban J connectivity index is 2.16. The maximum atomic E-state index is 13.3. The molecule has 0 aliphatic heterocycles. The van der Waals surface area contributed by atoms with E-state index in [1.807, 2.05) is 57.2 Å². The smallest absolute Gasteiger partial charge is 0.350 e. The lowest BCUT2D eigenvalue weighted by molar-refractivity contribution is 0.0939. The van der Waals surface area contributed by atoms with Gasteiger partial charge in [0.15, 0.2) is 0 Å². The molecule has 0 atom stereocenters. The first-order chi connectivity index (χ1) is 15.2. The number of rotatable bonds is 7. The summed E-state index contributed by atoms with van der Waals surface area (Å²) in [5.41, 5.74) is 1.81. The number of aryl methyl sites for hydroxylation is 1. The summed E-state index contributed by atoms with van der Waals surface area (Å²) in [6, 6.07) is 14.9. The Labute approximate surface area is 187 Å². The van der Waals surface area contributed by atoms with E-state index in [0.717, 1.165) is 25.9 Å². The lowest BCUT2D eigenvalue weighted by Gasteiger charge is -2.14. The van der Waals surface area contributed by atoms with Gasteiger partial charge in [0.2, 0.25) is 5.69 Å². The summed E-state index contributed by atoms with van der Waals surface area (Å²) in [6.45, 7) is 10.5. The van der Waals surface area contributed by atoms with E-state index in [1.54, 1.807) is 12.1 Å². The minimum atomic E-state index is -0.699. The molecule has 7 heteroatoms. The monoisotopic (exact) mass is 434 g/mol. The first kappa shape index (κ1) is 23.2. The van der Waals surface area contributed by atoms with E-state index in [-0.39, 0.29) is 18.2 Å². The number of hydrogen-bond donors (Lipinski definition) is 1. The summed E-state index contributed by atoms with van der Waals surface area (Å²) in [7, 11) is 0. The Morgan fingerprint density at radius 2 is 1.66 bits per heavy atom. The van der Waals surface area contributed by atoms with E-state index in [0.29, 0.717) is 18.2 Å². The van der Waals surface area contributed by atoms with Crippen molar-refractivity contribution in [3.63, 3.8) is 0 Å². The van der Waals surface area contributed by atoms with Crippen molar-refractivity contribution in [3.05, 3.63) is 91.8 Å². The van der Waals surface area contributed by atoms with Gasteiger partial charge in [-0.3, -0.25) is 14.2 Å². The predicted octanol–water partition coefficient (Wildman–Crippen LogP) is 3.26. The third-order valence-electron chi connectivity index (χ3n) is 5.34. The molecule has 0 aliphatic carbocycles. The molecule has 1 N–H and O–H groups in total. The van der Waals surface area contributed by atoms with Gasteiger partial charge in [-0.15, -0.1) is 0 Å². The summed E-state index contributed by atoms with van der Waals surface area (Å²) < 4.78 is 2.21. The Hall–Kier alpha value is -3.48. The zero-order valence-electron chi connectivity index (χ0n) is 19.3. The third kappa shape index (κ3) is 5.04. The van der Waals surface area contributed by atoms with Gasteiger partial charge in [0.05, 0.1) is 12.2 Å². The summed E-state index contributed by atoms with van der Waals surface area (Å²) in [4.78, 5) is 39.2. The maximum absolute atomic E-state index is 13.3. The highest BCUT2D eigenvalue weighted by molar-refractivity contribution is 5.91. The van der Waals surface area contributed by atoms with Gasteiger partial charge >= 0.3 is 5.69 Å². The molecule has 0 spiro atoms. The third-order valence-corrected chi connectivity index (χ3v) is 5.34. The van der Waals surface area contributed by atoms with Crippen LogP contribution >= 0.6 is 0 Å². The van der Waals surface area contributed by atoms with E-state index in [2.05, 4.69) is 24.3 Å². The molecule has 1 heterocycles. The molecule has 0 fully saturated rings. The molecule has 0 saturated carbocycles. The van der Waals surface area contributed by atoms with Gasteiger partial charge < -0.3 is 5.32 Å². The lowest BCUT2D eigenvalue weighted by Crippen LogP contribution is -2.46. The highest BCUT2D eigenvalue weighted by Crippen LogP contribution is 2.16. The number of aromatic nitrogens is 3. The number of amides is 1. The number of nitrogens with one attached hydrogen (secondary N) is 1. The van der Waals surface area contributed by atoms with Gasteiger partial charge in [-0.1, -0.05) is 64.1 Å². The first-order valence-corrected chi connectivity index (χ1v) is 10.9. The molecule has 0 saturated heterocycles. The predicted molar refractivity (Wildman–Crippen MR) is 126 cm³/mol. The lowest BCUT2D eigenvalue weighted by atomic mass is 10.0. The van der Waals surface area contributed by atoms with Crippen LogP contribution < -0.4 is 16.6 Å². The number of carbonyl (C=O) groups is 1. The highest BCUT2D eigenvalue weighted by Gasteiger charge is 2.21. The molecule has 7 nitrogen and oxygen atoms in total. The topological polar surface area (TPSA) is 86.0 Å². The van der Waals surface area contributed by atoms with Crippen molar-refractivity contribution in [3.8, 4) is 5.69 Å². The standard InChI is InChI=1S/C25H30N4O3/c1-16(2)14-26-23(30)22-24(31)28(15-20-9-7-6-8-18(20)5)25(32)29(27-22)21-12-10-19(11-13-21)17(3)4/h6-13,16-17H,14-15H2,1-5H3,(H,26,30). The van der Waals surface area contributed by atoms with Gasteiger partial charge in [-0.2, -0.15) is 9.78 Å². The summed E-state index contributed by atoms with van der Waals surface area (Å²) in [5.74, 6) is -0.0430. The van der Waals surface area contributed by atoms with E-state index in [4.69, 9.17) is 0 Å². The van der Waals surface area contributed by atoms with Crippen LogP contribution in [0.2, 0.25) is 0 Å². The number of hydrogen-bond acceptors (Lipinski definition) is 4. The van der Waals surface area contributed by atoms with Crippen molar-refractivity contribution in [1.29, 1.82) is 0 Å². The number of nitrogens with zero attached hydrogens (tertiary/aromatic N) is 3. The molecule has 1 aromatic heterocycles. The minimum Gasteiger partial charge on any atom is -0.350 e. The van der Waals surface area contributed by atoms with Crippen LogP contribution in [0.15, 0.2) is 58.1 Å². The minimum absolute atomic E-state index is 0.0569.